The molecular formula is C21H23F2N3O4S. The molecule has 1 heterocycles. The monoisotopic (exact) mass is 451 g/mol. The first kappa shape index (κ1) is 22.7. The van der Waals surface area contributed by atoms with Gasteiger partial charge in [-0.25, -0.2) is 17.2 Å². The molecule has 2 amide bonds. The standard InChI is InChI=1S/C21H23F2N3O4S/c1-13-11-15(6-9-19(13)25-10-4-5-20(25)27)24-21(28)14(2)26(31(3,29)30)16-7-8-17(22)18(23)12-16/h6-9,11-12,14H,4-5,10H2,1-3H3,(H,24,28)/t14-/m0/s1. The molecule has 1 atom stereocenters. The summed E-state index contributed by atoms with van der Waals surface area (Å²) in [6.07, 6.45) is 2.17. The van der Waals surface area contributed by atoms with Crippen LogP contribution in [0.15, 0.2) is 36.4 Å². The van der Waals surface area contributed by atoms with Gasteiger partial charge in [-0.1, -0.05) is 0 Å². The van der Waals surface area contributed by atoms with Crippen LogP contribution in [0.4, 0.5) is 25.8 Å². The van der Waals surface area contributed by atoms with Crippen molar-refractivity contribution in [1.29, 1.82) is 0 Å². The van der Waals surface area contributed by atoms with Crippen molar-refractivity contribution in [2.45, 2.75) is 32.7 Å². The number of carbonyl (C=O) groups is 2. The predicted octanol–water partition coefficient (Wildman–Crippen LogP) is 3.19. The third-order valence-corrected chi connectivity index (χ3v) is 6.32. The maximum atomic E-state index is 13.7. The Morgan fingerprint density at radius 2 is 1.87 bits per heavy atom. The fourth-order valence-electron chi connectivity index (χ4n) is 3.62. The summed E-state index contributed by atoms with van der Waals surface area (Å²) < 4.78 is 52.2. The lowest BCUT2D eigenvalue weighted by atomic mass is 10.1. The molecule has 7 nitrogen and oxygen atoms in total. The number of hydrogen-bond acceptors (Lipinski definition) is 4. The van der Waals surface area contributed by atoms with Crippen LogP contribution in [-0.4, -0.2) is 39.1 Å². The van der Waals surface area contributed by atoms with Crippen LogP contribution in [0, 0.1) is 18.6 Å². The predicted molar refractivity (Wildman–Crippen MR) is 115 cm³/mol. The van der Waals surface area contributed by atoms with Gasteiger partial charge in [0, 0.05) is 30.4 Å². The molecule has 0 aromatic heterocycles. The number of benzene rings is 2. The highest BCUT2D eigenvalue weighted by molar-refractivity contribution is 7.92. The molecule has 0 saturated carbocycles. The van der Waals surface area contributed by atoms with Crippen LogP contribution in [-0.2, 0) is 19.6 Å². The molecule has 0 aliphatic carbocycles. The summed E-state index contributed by atoms with van der Waals surface area (Å²) in [5.74, 6) is -2.95. The van der Waals surface area contributed by atoms with Gasteiger partial charge < -0.3 is 10.2 Å². The molecule has 0 bridgehead atoms. The highest BCUT2D eigenvalue weighted by Gasteiger charge is 2.30. The van der Waals surface area contributed by atoms with E-state index in [1.54, 1.807) is 23.1 Å². The second kappa shape index (κ2) is 8.62. The molecule has 10 heteroatoms. The van der Waals surface area contributed by atoms with E-state index in [2.05, 4.69) is 5.32 Å². The van der Waals surface area contributed by atoms with Gasteiger partial charge in [-0.3, -0.25) is 13.9 Å². The molecule has 1 aliphatic heterocycles. The van der Waals surface area contributed by atoms with E-state index in [1.165, 1.54) is 6.92 Å². The van der Waals surface area contributed by atoms with E-state index in [-0.39, 0.29) is 11.6 Å². The molecule has 166 valence electrons. The van der Waals surface area contributed by atoms with Gasteiger partial charge in [0.2, 0.25) is 21.8 Å². The molecule has 1 saturated heterocycles. The lowest BCUT2D eigenvalue weighted by Gasteiger charge is -2.28. The molecule has 1 fully saturated rings. The zero-order valence-electron chi connectivity index (χ0n) is 17.4. The van der Waals surface area contributed by atoms with Crippen molar-refractivity contribution < 1.29 is 26.8 Å². The normalized spacial score (nSPS) is 15.1. The molecule has 0 radical (unpaired) electrons. The first-order valence-electron chi connectivity index (χ1n) is 9.65. The number of amides is 2. The number of nitrogens with one attached hydrogen (secondary N) is 1. The van der Waals surface area contributed by atoms with Crippen LogP contribution in [0.2, 0.25) is 0 Å². The minimum Gasteiger partial charge on any atom is -0.324 e. The molecule has 0 unspecified atom stereocenters. The van der Waals surface area contributed by atoms with E-state index >= 15 is 0 Å². The Hall–Kier alpha value is -3.01. The smallest absolute Gasteiger partial charge is 0.247 e. The van der Waals surface area contributed by atoms with E-state index in [0.29, 0.717) is 18.7 Å². The van der Waals surface area contributed by atoms with Crippen molar-refractivity contribution in [3.05, 3.63) is 53.6 Å². The SMILES string of the molecule is Cc1cc(NC(=O)[C@H](C)N(c2ccc(F)c(F)c2)S(C)(=O)=O)ccc1N1CCCC1=O. The summed E-state index contributed by atoms with van der Waals surface area (Å²) in [5.41, 5.74) is 1.79. The maximum absolute atomic E-state index is 13.7. The largest absolute Gasteiger partial charge is 0.324 e. The Bertz CT molecular complexity index is 1140. The minimum absolute atomic E-state index is 0.0452. The van der Waals surface area contributed by atoms with Crippen LogP contribution >= 0.6 is 0 Å². The number of rotatable bonds is 6. The number of halogens is 2. The van der Waals surface area contributed by atoms with Crippen LogP contribution in [0.25, 0.3) is 0 Å². The van der Waals surface area contributed by atoms with E-state index in [9.17, 15) is 26.8 Å². The lowest BCUT2D eigenvalue weighted by Crippen LogP contribution is -2.45. The first-order valence-corrected chi connectivity index (χ1v) is 11.5. The fraction of sp³-hybridized carbons (Fsp3) is 0.333. The van der Waals surface area contributed by atoms with E-state index in [0.717, 1.165) is 46.4 Å². The van der Waals surface area contributed by atoms with Crippen molar-refractivity contribution >= 4 is 38.9 Å². The topological polar surface area (TPSA) is 86.8 Å². The minimum atomic E-state index is -3.98. The number of carbonyl (C=O) groups excluding carboxylic acids is 2. The van der Waals surface area contributed by atoms with E-state index in [4.69, 9.17) is 0 Å². The molecule has 1 N–H and O–H groups in total. The van der Waals surface area contributed by atoms with Gasteiger partial charge in [0.05, 0.1) is 11.9 Å². The third-order valence-electron chi connectivity index (χ3n) is 5.07. The van der Waals surface area contributed by atoms with Gasteiger partial charge >= 0.3 is 0 Å². The van der Waals surface area contributed by atoms with Crippen molar-refractivity contribution in [3.8, 4) is 0 Å². The highest BCUT2D eigenvalue weighted by Crippen LogP contribution is 2.28. The van der Waals surface area contributed by atoms with E-state index in [1.807, 2.05) is 6.92 Å². The molecule has 2 aromatic rings. The van der Waals surface area contributed by atoms with Crippen LogP contribution in [0.1, 0.15) is 25.3 Å². The molecular weight excluding hydrogens is 428 g/mol. The number of hydrogen-bond donors (Lipinski definition) is 1. The van der Waals surface area contributed by atoms with Crippen LogP contribution in [0.5, 0.6) is 0 Å². The zero-order valence-corrected chi connectivity index (χ0v) is 18.2. The average molecular weight is 451 g/mol. The molecule has 1 aliphatic rings. The summed E-state index contributed by atoms with van der Waals surface area (Å²) in [4.78, 5) is 26.4. The molecule has 3 rings (SSSR count). The van der Waals surface area contributed by atoms with Crippen LogP contribution in [0.3, 0.4) is 0 Å². The second-order valence-electron chi connectivity index (χ2n) is 7.47. The Morgan fingerprint density at radius 1 is 1.16 bits per heavy atom. The average Bonchev–Trinajstić information content (AvgIpc) is 3.09. The molecule has 0 spiro atoms. The van der Waals surface area contributed by atoms with Gasteiger partial charge in [0.1, 0.15) is 6.04 Å². The molecule has 2 aromatic carbocycles. The van der Waals surface area contributed by atoms with Crippen LogP contribution < -0.4 is 14.5 Å². The Morgan fingerprint density at radius 3 is 2.42 bits per heavy atom. The van der Waals surface area contributed by atoms with Crippen molar-refractivity contribution in [2.75, 3.05) is 27.3 Å². The van der Waals surface area contributed by atoms with Crippen molar-refractivity contribution in [1.82, 2.24) is 0 Å². The summed E-state index contributed by atoms with van der Waals surface area (Å²) in [5, 5.41) is 2.64. The van der Waals surface area contributed by atoms with Gasteiger partial charge in [0.25, 0.3) is 0 Å². The Balaban J connectivity index is 1.83. The van der Waals surface area contributed by atoms with Gasteiger partial charge in [0.15, 0.2) is 11.6 Å². The summed E-state index contributed by atoms with van der Waals surface area (Å²) in [7, 11) is -3.98. The number of sulfonamides is 1. The highest BCUT2D eigenvalue weighted by atomic mass is 32.2. The van der Waals surface area contributed by atoms with Crippen molar-refractivity contribution in [3.63, 3.8) is 0 Å². The van der Waals surface area contributed by atoms with Gasteiger partial charge in [-0.05, 0) is 56.2 Å². The lowest BCUT2D eigenvalue weighted by molar-refractivity contribution is -0.117. The maximum Gasteiger partial charge on any atom is 0.247 e. The Kier molecular flexibility index (Phi) is 6.30. The number of nitrogens with zero attached hydrogens (tertiary/aromatic N) is 2. The van der Waals surface area contributed by atoms with Gasteiger partial charge in [-0.2, -0.15) is 0 Å². The quantitative estimate of drug-likeness (QED) is 0.731. The first-order chi connectivity index (χ1) is 14.5. The third kappa shape index (κ3) is 4.84. The summed E-state index contributed by atoms with van der Waals surface area (Å²) >= 11 is 0. The van der Waals surface area contributed by atoms with E-state index < -0.39 is 33.6 Å². The fourth-order valence-corrected chi connectivity index (χ4v) is 4.78. The van der Waals surface area contributed by atoms with Crippen molar-refractivity contribution in [2.24, 2.45) is 0 Å². The summed E-state index contributed by atoms with van der Waals surface area (Å²) in [6, 6.07) is 6.42. The second-order valence-corrected chi connectivity index (χ2v) is 9.33. The zero-order chi connectivity index (χ0) is 22.9. The molecule has 31 heavy (non-hydrogen) atoms. The number of anilines is 3. The van der Waals surface area contributed by atoms with Gasteiger partial charge in [-0.15, -0.1) is 0 Å². The summed E-state index contributed by atoms with van der Waals surface area (Å²) in [6.45, 7) is 3.80. The Labute approximate surface area is 179 Å². The number of aryl methyl sites for hydroxylation is 1.